The molecule has 27 heavy (non-hydrogen) atoms. The molecule has 0 radical (unpaired) electrons. The van der Waals surface area contributed by atoms with Crippen LogP contribution in [-0.2, 0) is 4.79 Å². The Kier molecular flexibility index (Phi) is 5.27. The maximum Gasteiger partial charge on any atom is 0.305 e. The lowest BCUT2D eigenvalue weighted by Gasteiger charge is -2.14. The number of carbonyl (C=O) groups is 2. The summed E-state index contributed by atoms with van der Waals surface area (Å²) in [4.78, 5) is 34.6. The Labute approximate surface area is 157 Å². The van der Waals surface area contributed by atoms with Crippen LogP contribution in [0.3, 0.4) is 0 Å². The first-order chi connectivity index (χ1) is 12.9. The first-order valence-electron chi connectivity index (χ1n) is 7.80. The third-order valence-electron chi connectivity index (χ3n) is 3.70. The van der Waals surface area contributed by atoms with E-state index >= 15 is 0 Å². The normalized spacial score (nSPS) is 11.7. The van der Waals surface area contributed by atoms with E-state index in [-0.39, 0.29) is 17.8 Å². The number of nitrogens with one attached hydrogen (secondary N) is 1. The number of carbonyl (C=O) groups excluding carboxylic acids is 1. The smallest absolute Gasteiger partial charge is 0.305 e. The number of nitro groups is 1. The van der Waals surface area contributed by atoms with Crippen LogP contribution in [0.2, 0.25) is 0 Å². The summed E-state index contributed by atoms with van der Waals surface area (Å²) in [6, 6.07) is 10.2. The molecule has 1 aromatic carbocycles. The molecular weight excluding hydrogens is 372 g/mol. The van der Waals surface area contributed by atoms with E-state index in [1.54, 1.807) is 23.6 Å². The number of amides is 1. The third kappa shape index (κ3) is 4.36. The van der Waals surface area contributed by atoms with Gasteiger partial charge in [-0.2, -0.15) is 5.10 Å². The van der Waals surface area contributed by atoms with Crippen molar-refractivity contribution in [2.75, 3.05) is 0 Å². The van der Waals surface area contributed by atoms with Gasteiger partial charge in [0.05, 0.1) is 23.1 Å². The zero-order valence-corrected chi connectivity index (χ0v) is 14.6. The second kappa shape index (κ2) is 7.79. The molecule has 3 rings (SSSR count). The van der Waals surface area contributed by atoms with Crippen molar-refractivity contribution in [3.63, 3.8) is 0 Å². The molecule has 9 nitrogen and oxygen atoms in total. The molecule has 0 unspecified atom stereocenters. The Hall–Kier alpha value is -3.53. The number of aliphatic carboxylic acids is 1. The summed E-state index contributed by atoms with van der Waals surface area (Å²) >= 11 is 1.35. The van der Waals surface area contributed by atoms with Crippen LogP contribution in [0.15, 0.2) is 54.0 Å². The van der Waals surface area contributed by atoms with E-state index in [1.807, 2.05) is 0 Å². The van der Waals surface area contributed by atoms with Crippen molar-refractivity contribution < 1.29 is 19.6 Å². The molecule has 0 fully saturated rings. The van der Waals surface area contributed by atoms with Crippen molar-refractivity contribution >= 4 is 28.9 Å². The molecule has 1 atom stereocenters. The van der Waals surface area contributed by atoms with Crippen LogP contribution in [0, 0.1) is 10.1 Å². The van der Waals surface area contributed by atoms with Crippen molar-refractivity contribution in [3.05, 3.63) is 74.7 Å². The fourth-order valence-electron chi connectivity index (χ4n) is 2.46. The van der Waals surface area contributed by atoms with Gasteiger partial charge in [-0.1, -0.05) is 12.1 Å². The Morgan fingerprint density at radius 3 is 2.78 bits per heavy atom. The van der Waals surface area contributed by atoms with Gasteiger partial charge >= 0.3 is 5.97 Å². The van der Waals surface area contributed by atoms with Crippen molar-refractivity contribution in [1.29, 1.82) is 0 Å². The van der Waals surface area contributed by atoms with Gasteiger partial charge in [-0.15, -0.1) is 11.3 Å². The van der Waals surface area contributed by atoms with E-state index in [9.17, 15) is 19.7 Å². The number of carboxylic acids is 1. The van der Waals surface area contributed by atoms with Gasteiger partial charge < -0.3 is 10.4 Å². The van der Waals surface area contributed by atoms with Crippen LogP contribution >= 0.6 is 11.3 Å². The SMILES string of the molecule is O=C(O)C[C@@H](NC(=O)c1ccn(-c2cccc([N+](=O)[O-])c2)n1)c1cccs1. The number of carboxylic acid groups (broad SMARTS) is 1. The van der Waals surface area contributed by atoms with Gasteiger partial charge in [0.25, 0.3) is 11.6 Å². The maximum absolute atomic E-state index is 12.5. The van der Waals surface area contributed by atoms with Gasteiger partial charge in [0.15, 0.2) is 5.69 Å². The molecule has 0 spiro atoms. The molecule has 1 amide bonds. The van der Waals surface area contributed by atoms with Crippen molar-refractivity contribution in [1.82, 2.24) is 15.1 Å². The second-order valence-corrected chi connectivity index (χ2v) is 6.54. The van der Waals surface area contributed by atoms with Gasteiger partial charge in [-0.3, -0.25) is 19.7 Å². The summed E-state index contributed by atoms with van der Waals surface area (Å²) in [7, 11) is 0. The Balaban J connectivity index is 1.79. The second-order valence-electron chi connectivity index (χ2n) is 5.56. The minimum absolute atomic E-state index is 0.0773. The summed E-state index contributed by atoms with van der Waals surface area (Å²) in [5, 5.41) is 28.6. The molecule has 0 saturated heterocycles. The van der Waals surface area contributed by atoms with Gasteiger partial charge in [-0.25, -0.2) is 4.68 Å². The monoisotopic (exact) mass is 386 g/mol. The fourth-order valence-corrected chi connectivity index (χ4v) is 3.23. The van der Waals surface area contributed by atoms with Crippen molar-refractivity contribution in [3.8, 4) is 5.69 Å². The number of hydrogen-bond acceptors (Lipinski definition) is 6. The van der Waals surface area contributed by atoms with Gasteiger partial charge in [0, 0.05) is 23.2 Å². The van der Waals surface area contributed by atoms with Gasteiger partial charge in [-0.05, 0) is 23.6 Å². The van der Waals surface area contributed by atoms with Crippen LogP contribution in [0.25, 0.3) is 5.69 Å². The highest BCUT2D eigenvalue weighted by Crippen LogP contribution is 2.22. The number of hydrogen-bond donors (Lipinski definition) is 2. The maximum atomic E-state index is 12.5. The standard InChI is InChI=1S/C17H14N4O5S/c22-16(23)10-14(15-5-2-8-27-15)18-17(24)13-6-7-20(19-13)11-3-1-4-12(9-11)21(25)26/h1-9,14H,10H2,(H,18,24)(H,22,23)/t14-/m1/s1. The lowest BCUT2D eigenvalue weighted by Crippen LogP contribution is -2.30. The zero-order chi connectivity index (χ0) is 19.4. The summed E-state index contributed by atoms with van der Waals surface area (Å²) in [6.45, 7) is 0. The van der Waals surface area contributed by atoms with Crippen LogP contribution in [0.5, 0.6) is 0 Å². The molecule has 0 aliphatic heterocycles. The topological polar surface area (TPSA) is 127 Å². The quantitative estimate of drug-likeness (QED) is 0.475. The summed E-state index contributed by atoms with van der Waals surface area (Å²) in [6.07, 6.45) is 1.25. The predicted molar refractivity (Wildman–Crippen MR) is 97.0 cm³/mol. The zero-order valence-electron chi connectivity index (χ0n) is 13.8. The number of benzene rings is 1. The number of nitrogens with zero attached hydrogens (tertiary/aromatic N) is 3. The van der Waals surface area contributed by atoms with E-state index in [0.717, 1.165) is 4.88 Å². The molecule has 2 aromatic heterocycles. The highest BCUT2D eigenvalue weighted by Gasteiger charge is 2.21. The molecule has 138 valence electrons. The number of rotatable bonds is 7. The summed E-state index contributed by atoms with van der Waals surface area (Å²) < 4.78 is 1.35. The minimum atomic E-state index is -1.03. The van der Waals surface area contributed by atoms with E-state index in [4.69, 9.17) is 5.11 Å². The largest absolute Gasteiger partial charge is 0.481 e. The Morgan fingerprint density at radius 2 is 2.11 bits per heavy atom. The molecular formula is C17H14N4O5S. The van der Waals surface area contributed by atoms with E-state index in [2.05, 4.69) is 10.4 Å². The lowest BCUT2D eigenvalue weighted by molar-refractivity contribution is -0.384. The average Bonchev–Trinajstić information content (AvgIpc) is 3.33. The van der Waals surface area contributed by atoms with Gasteiger partial charge in [0.2, 0.25) is 0 Å². The lowest BCUT2D eigenvalue weighted by atomic mass is 10.1. The summed E-state index contributed by atoms with van der Waals surface area (Å²) in [5.74, 6) is -1.56. The molecule has 0 saturated carbocycles. The molecule has 0 aliphatic rings. The highest BCUT2D eigenvalue weighted by molar-refractivity contribution is 7.10. The van der Waals surface area contributed by atoms with Crippen LogP contribution in [-0.4, -0.2) is 31.7 Å². The number of non-ortho nitro benzene ring substituents is 1. The van der Waals surface area contributed by atoms with Crippen molar-refractivity contribution in [2.24, 2.45) is 0 Å². The number of thiophene rings is 1. The highest BCUT2D eigenvalue weighted by atomic mass is 32.1. The Morgan fingerprint density at radius 1 is 1.30 bits per heavy atom. The first kappa shape index (κ1) is 18.3. The molecule has 3 aromatic rings. The van der Waals surface area contributed by atoms with E-state index < -0.39 is 22.8 Å². The van der Waals surface area contributed by atoms with Crippen molar-refractivity contribution in [2.45, 2.75) is 12.5 Å². The van der Waals surface area contributed by atoms with Crippen LogP contribution in [0.1, 0.15) is 27.8 Å². The number of nitro benzene ring substituents is 1. The Bertz CT molecular complexity index is 983. The predicted octanol–water partition coefficient (Wildman–Crippen LogP) is 2.79. The molecule has 2 heterocycles. The fraction of sp³-hybridized carbons (Fsp3) is 0.118. The molecule has 10 heteroatoms. The third-order valence-corrected chi connectivity index (χ3v) is 4.68. The molecule has 0 bridgehead atoms. The van der Waals surface area contributed by atoms with Crippen LogP contribution in [0.4, 0.5) is 5.69 Å². The first-order valence-corrected chi connectivity index (χ1v) is 8.68. The van der Waals surface area contributed by atoms with E-state index in [1.165, 1.54) is 46.5 Å². The van der Waals surface area contributed by atoms with Gasteiger partial charge in [0.1, 0.15) is 0 Å². The van der Waals surface area contributed by atoms with E-state index in [0.29, 0.717) is 5.69 Å². The number of aromatic nitrogens is 2. The average molecular weight is 386 g/mol. The molecule has 0 aliphatic carbocycles. The van der Waals surface area contributed by atoms with Crippen LogP contribution < -0.4 is 5.32 Å². The molecule has 2 N–H and O–H groups in total. The summed E-state index contributed by atoms with van der Waals surface area (Å²) in [5.41, 5.74) is 0.422. The minimum Gasteiger partial charge on any atom is -0.481 e.